The van der Waals surface area contributed by atoms with E-state index in [1.54, 1.807) is 11.3 Å². The van der Waals surface area contributed by atoms with E-state index in [4.69, 9.17) is 0 Å². The van der Waals surface area contributed by atoms with Crippen LogP contribution in [0.25, 0.3) is 0 Å². The van der Waals surface area contributed by atoms with Gasteiger partial charge in [0.25, 0.3) is 0 Å². The number of thiazole rings is 1. The molecule has 1 fully saturated rings. The van der Waals surface area contributed by atoms with Crippen LogP contribution in [-0.2, 0) is 17.6 Å². The summed E-state index contributed by atoms with van der Waals surface area (Å²) in [7, 11) is 0. The van der Waals surface area contributed by atoms with Gasteiger partial charge < -0.3 is 4.90 Å². The largest absolute Gasteiger partial charge is 0.339 e. The fourth-order valence-electron chi connectivity index (χ4n) is 3.37. The number of hydrogen-bond donors (Lipinski definition) is 0. The Bertz CT molecular complexity index is 632. The quantitative estimate of drug-likeness (QED) is 0.803. The van der Waals surface area contributed by atoms with Crippen molar-refractivity contribution >= 4 is 17.2 Å². The van der Waals surface area contributed by atoms with Gasteiger partial charge in [-0.05, 0) is 31.7 Å². The van der Waals surface area contributed by atoms with Gasteiger partial charge in [-0.1, -0.05) is 43.2 Å². The maximum Gasteiger partial charge on any atom is 0.228 e. The van der Waals surface area contributed by atoms with E-state index >= 15 is 0 Å². The molecule has 0 spiro atoms. The highest BCUT2D eigenvalue weighted by Crippen LogP contribution is 2.24. The first-order valence-corrected chi connectivity index (χ1v) is 9.35. The highest BCUT2D eigenvalue weighted by Gasteiger charge is 2.26. The molecule has 122 valence electrons. The van der Waals surface area contributed by atoms with Crippen molar-refractivity contribution in [1.29, 1.82) is 0 Å². The van der Waals surface area contributed by atoms with Gasteiger partial charge in [-0.2, -0.15) is 0 Å². The van der Waals surface area contributed by atoms with E-state index in [9.17, 15) is 4.79 Å². The zero-order chi connectivity index (χ0) is 16.1. The molecule has 0 unspecified atom stereocenters. The minimum absolute atomic E-state index is 0.234. The second-order valence-corrected chi connectivity index (χ2v) is 7.36. The number of carbonyl (C=O) groups is 1. The SMILES string of the molecule is Cc1nc(CC(=O)N(CCc2ccccc2)C2CCCC2)cs1. The Labute approximate surface area is 142 Å². The summed E-state index contributed by atoms with van der Waals surface area (Å²) in [6.45, 7) is 2.80. The average Bonchev–Trinajstić information content (AvgIpc) is 3.21. The summed E-state index contributed by atoms with van der Waals surface area (Å²) < 4.78 is 0. The van der Waals surface area contributed by atoms with Crippen LogP contribution in [0.3, 0.4) is 0 Å². The Morgan fingerprint density at radius 1 is 1.26 bits per heavy atom. The molecule has 0 saturated heterocycles. The lowest BCUT2D eigenvalue weighted by atomic mass is 10.1. The average molecular weight is 328 g/mol. The fraction of sp³-hybridized carbons (Fsp3) is 0.474. The predicted octanol–water partition coefficient (Wildman–Crippen LogP) is 4.01. The molecule has 1 aromatic heterocycles. The first-order valence-electron chi connectivity index (χ1n) is 8.47. The number of carbonyl (C=O) groups excluding carboxylic acids is 1. The molecule has 0 radical (unpaired) electrons. The zero-order valence-electron chi connectivity index (χ0n) is 13.7. The van der Waals surface area contributed by atoms with E-state index in [1.807, 2.05) is 18.4 Å². The molecule has 3 rings (SSSR count). The Kier molecular flexibility index (Phi) is 5.44. The molecule has 2 aromatic rings. The van der Waals surface area contributed by atoms with Crippen molar-refractivity contribution in [2.75, 3.05) is 6.54 Å². The van der Waals surface area contributed by atoms with Crippen molar-refractivity contribution in [3.05, 3.63) is 52.0 Å². The van der Waals surface area contributed by atoms with Gasteiger partial charge >= 0.3 is 0 Å². The molecule has 0 N–H and O–H groups in total. The molecular formula is C19H24N2OS. The van der Waals surface area contributed by atoms with Crippen molar-refractivity contribution in [2.24, 2.45) is 0 Å². The lowest BCUT2D eigenvalue weighted by Crippen LogP contribution is -2.41. The van der Waals surface area contributed by atoms with E-state index in [2.05, 4.69) is 34.1 Å². The van der Waals surface area contributed by atoms with E-state index in [1.165, 1.54) is 18.4 Å². The predicted molar refractivity (Wildman–Crippen MR) is 94.7 cm³/mol. The first-order chi connectivity index (χ1) is 11.2. The van der Waals surface area contributed by atoms with Crippen LogP contribution in [0.2, 0.25) is 0 Å². The lowest BCUT2D eigenvalue weighted by molar-refractivity contribution is -0.132. The van der Waals surface area contributed by atoms with Crippen molar-refractivity contribution < 1.29 is 4.79 Å². The maximum atomic E-state index is 12.8. The van der Waals surface area contributed by atoms with Gasteiger partial charge in [-0.15, -0.1) is 11.3 Å². The van der Waals surface area contributed by atoms with Crippen LogP contribution in [0.5, 0.6) is 0 Å². The van der Waals surface area contributed by atoms with Gasteiger partial charge in [0.2, 0.25) is 5.91 Å². The van der Waals surface area contributed by atoms with Gasteiger partial charge in [0.1, 0.15) is 0 Å². The Balaban J connectivity index is 1.66. The summed E-state index contributed by atoms with van der Waals surface area (Å²) in [6.07, 6.45) is 6.16. The number of aryl methyl sites for hydroxylation is 1. The molecule has 1 saturated carbocycles. The second kappa shape index (κ2) is 7.73. The van der Waals surface area contributed by atoms with Crippen LogP contribution in [0, 0.1) is 6.92 Å². The number of rotatable bonds is 6. The normalized spacial score (nSPS) is 15.0. The number of nitrogens with zero attached hydrogens (tertiary/aromatic N) is 2. The van der Waals surface area contributed by atoms with E-state index in [-0.39, 0.29) is 5.91 Å². The van der Waals surface area contributed by atoms with Gasteiger partial charge in [0.05, 0.1) is 17.1 Å². The molecule has 0 atom stereocenters. The maximum absolute atomic E-state index is 12.8. The molecule has 3 nitrogen and oxygen atoms in total. The summed E-state index contributed by atoms with van der Waals surface area (Å²) in [4.78, 5) is 19.4. The lowest BCUT2D eigenvalue weighted by Gasteiger charge is -2.29. The molecule has 4 heteroatoms. The molecule has 1 amide bonds. The molecule has 1 aromatic carbocycles. The second-order valence-electron chi connectivity index (χ2n) is 6.30. The topological polar surface area (TPSA) is 33.2 Å². The Hall–Kier alpha value is -1.68. The van der Waals surface area contributed by atoms with Crippen molar-refractivity contribution in [3.63, 3.8) is 0 Å². The number of hydrogen-bond acceptors (Lipinski definition) is 3. The van der Waals surface area contributed by atoms with Crippen LogP contribution in [0.15, 0.2) is 35.7 Å². The van der Waals surface area contributed by atoms with Crippen LogP contribution >= 0.6 is 11.3 Å². The molecule has 1 heterocycles. The van der Waals surface area contributed by atoms with Gasteiger partial charge in [0.15, 0.2) is 0 Å². The third kappa shape index (κ3) is 4.41. The minimum atomic E-state index is 0.234. The Morgan fingerprint density at radius 3 is 2.65 bits per heavy atom. The van der Waals surface area contributed by atoms with Gasteiger partial charge in [-0.3, -0.25) is 4.79 Å². The summed E-state index contributed by atoms with van der Waals surface area (Å²) in [5.74, 6) is 0.234. The summed E-state index contributed by atoms with van der Waals surface area (Å²) in [5.41, 5.74) is 2.22. The summed E-state index contributed by atoms with van der Waals surface area (Å²) in [6, 6.07) is 10.9. The third-order valence-electron chi connectivity index (χ3n) is 4.57. The van der Waals surface area contributed by atoms with E-state index in [0.29, 0.717) is 12.5 Å². The van der Waals surface area contributed by atoms with Gasteiger partial charge in [0, 0.05) is 18.0 Å². The number of aromatic nitrogens is 1. The summed E-state index contributed by atoms with van der Waals surface area (Å²) in [5, 5.41) is 3.04. The fourth-order valence-corrected chi connectivity index (χ4v) is 3.98. The molecular weight excluding hydrogens is 304 g/mol. The van der Waals surface area contributed by atoms with E-state index in [0.717, 1.165) is 36.5 Å². The van der Waals surface area contributed by atoms with Crippen LogP contribution in [0.1, 0.15) is 41.9 Å². The molecule has 0 aliphatic heterocycles. The molecule has 1 aliphatic carbocycles. The smallest absolute Gasteiger partial charge is 0.228 e. The molecule has 23 heavy (non-hydrogen) atoms. The van der Waals surface area contributed by atoms with Crippen molar-refractivity contribution in [3.8, 4) is 0 Å². The molecule has 0 bridgehead atoms. The van der Waals surface area contributed by atoms with Gasteiger partial charge in [-0.25, -0.2) is 4.98 Å². The van der Waals surface area contributed by atoms with Crippen LogP contribution in [0.4, 0.5) is 0 Å². The monoisotopic (exact) mass is 328 g/mol. The highest BCUT2D eigenvalue weighted by atomic mass is 32.1. The third-order valence-corrected chi connectivity index (χ3v) is 5.39. The van der Waals surface area contributed by atoms with E-state index < -0.39 is 0 Å². The zero-order valence-corrected chi connectivity index (χ0v) is 14.5. The minimum Gasteiger partial charge on any atom is -0.339 e. The standard InChI is InChI=1S/C19H24N2OS/c1-15-20-17(14-23-15)13-19(22)21(18-9-5-6-10-18)12-11-16-7-3-2-4-8-16/h2-4,7-8,14,18H,5-6,9-13H2,1H3. The highest BCUT2D eigenvalue weighted by molar-refractivity contribution is 7.09. The number of benzene rings is 1. The van der Waals surface area contributed by atoms with Crippen LogP contribution < -0.4 is 0 Å². The number of amides is 1. The summed E-state index contributed by atoms with van der Waals surface area (Å²) >= 11 is 1.62. The van der Waals surface area contributed by atoms with Crippen molar-refractivity contribution in [2.45, 2.75) is 51.5 Å². The first kappa shape index (κ1) is 16.2. The molecule has 1 aliphatic rings. The van der Waals surface area contributed by atoms with Crippen LogP contribution in [-0.4, -0.2) is 28.4 Å². The Morgan fingerprint density at radius 2 is 2.00 bits per heavy atom. The van der Waals surface area contributed by atoms with Crippen molar-refractivity contribution in [1.82, 2.24) is 9.88 Å².